The van der Waals surface area contributed by atoms with Crippen molar-refractivity contribution in [2.45, 2.75) is 12.4 Å². The van der Waals surface area contributed by atoms with Crippen LogP contribution >= 0.6 is 0 Å². The molecule has 12 heteroatoms. The Morgan fingerprint density at radius 2 is 1.04 bits per heavy atom. The molecule has 2 rings (SSSR count). The molecule has 0 atom stereocenters. The highest BCUT2D eigenvalue weighted by Gasteiger charge is 2.36. The number of aromatic carboxylic acids is 2. The third-order valence-corrected chi connectivity index (χ3v) is 2.63. The molecule has 0 unspecified atom stereocenters. The molecule has 0 amide bonds. The maximum Gasteiger partial charge on any atom is 0.417 e. The lowest BCUT2D eigenvalue weighted by atomic mass is 10.2. The number of alkyl halides is 6. The van der Waals surface area contributed by atoms with Gasteiger partial charge in [0.1, 0.15) is 0 Å². The molecular weight excluding hydrogens is 374 g/mol. The highest BCUT2D eigenvalue weighted by atomic mass is 19.4. The van der Waals surface area contributed by atoms with Gasteiger partial charge < -0.3 is 10.2 Å². The number of aromatic nitrogens is 2. The van der Waals surface area contributed by atoms with Gasteiger partial charge in [-0.3, -0.25) is 9.97 Å². The summed E-state index contributed by atoms with van der Waals surface area (Å²) in [6, 6.07) is 1.07. The molecule has 140 valence electrons. The van der Waals surface area contributed by atoms with Crippen molar-refractivity contribution >= 4 is 11.9 Å². The summed E-state index contributed by atoms with van der Waals surface area (Å²) in [5.41, 5.74) is -3.08. The molecule has 0 bridgehead atoms. The van der Waals surface area contributed by atoms with Gasteiger partial charge in [-0.15, -0.1) is 0 Å². The average Bonchev–Trinajstić information content (AvgIpc) is 2.54. The first-order chi connectivity index (χ1) is 11.8. The average molecular weight is 382 g/mol. The first kappa shape index (κ1) is 20.9. The Bertz CT molecular complexity index is 746. The normalized spacial score (nSPS) is 11.3. The molecule has 0 saturated carbocycles. The number of hydrogen-bond donors (Lipinski definition) is 2. The van der Waals surface area contributed by atoms with Gasteiger partial charge in [-0.05, 0) is 12.1 Å². The van der Waals surface area contributed by atoms with Gasteiger partial charge in [-0.25, -0.2) is 9.59 Å². The Kier molecular flexibility index (Phi) is 6.26. The van der Waals surface area contributed by atoms with E-state index in [4.69, 9.17) is 10.2 Å². The summed E-state index contributed by atoms with van der Waals surface area (Å²) in [5.74, 6) is -2.38. The van der Waals surface area contributed by atoms with E-state index in [1.54, 1.807) is 0 Å². The van der Waals surface area contributed by atoms with Crippen molar-refractivity contribution < 1.29 is 46.1 Å². The van der Waals surface area contributed by atoms with Crippen LogP contribution in [0.3, 0.4) is 0 Å². The molecule has 2 aromatic rings. The molecular formula is C14H8F6N2O4. The van der Waals surface area contributed by atoms with Crippen molar-refractivity contribution in [1.82, 2.24) is 9.97 Å². The zero-order valence-electron chi connectivity index (χ0n) is 12.3. The minimum absolute atomic E-state index is 0.0208. The molecule has 2 N–H and O–H groups in total. The van der Waals surface area contributed by atoms with Crippen molar-refractivity contribution in [3.8, 4) is 0 Å². The van der Waals surface area contributed by atoms with E-state index in [1.807, 2.05) is 0 Å². The van der Waals surface area contributed by atoms with Gasteiger partial charge in [0.15, 0.2) is 0 Å². The Morgan fingerprint density at radius 1 is 0.692 bits per heavy atom. The molecule has 2 aromatic heterocycles. The second kappa shape index (κ2) is 7.80. The van der Waals surface area contributed by atoms with Crippen molar-refractivity contribution in [2.75, 3.05) is 0 Å². The summed E-state index contributed by atoms with van der Waals surface area (Å²) < 4.78 is 71.7. The fourth-order valence-electron chi connectivity index (χ4n) is 1.42. The van der Waals surface area contributed by atoms with E-state index in [0.717, 1.165) is 18.5 Å². The Morgan fingerprint density at radius 3 is 1.35 bits per heavy atom. The largest absolute Gasteiger partial charge is 0.478 e. The first-order valence-electron chi connectivity index (χ1n) is 6.33. The molecule has 0 spiro atoms. The number of hydrogen-bond acceptors (Lipinski definition) is 4. The van der Waals surface area contributed by atoms with Crippen molar-refractivity contribution in [3.63, 3.8) is 0 Å². The van der Waals surface area contributed by atoms with Gasteiger partial charge in [-0.2, -0.15) is 26.3 Å². The van der Waals surface area contributed by atoms with E-state index in [2.05, 4.69) is 9.97 Å². The van der Waals surface area contributed by atoms with Crippen LogP contribution in [0.5, 0.6) is 0 Å². The smallest absolute Gasteiger partial charge is 0.417 e. The van der Waals surface area contributed by atoms with Crippen LogP contribution in [-0.2, 0) is 12.4 Å². The van der Waals surface area contributed by atoms with Crippen LogP contribution < -0.4 is 0 Å². The highest BCUT2D eigenvalue weighted by Crippen LogP contribution is 2.34. The minimum Gasteiger partial charge on any atom is -0.478 e. The number of nitrogens with zero attached hydrogens (tertiary/aromatic N) is 2. The molecule has 2 heterocycles. The fourth-order valence-corrected chi connectivity index (χ4v) is 1.42. The number of carboxylic acids is 2. The lowest BCUT2D eigenvalue weighted by Crippen LogP contribution is -2.11. The van der Waals surface area contributed by atoms with Gasteiger partial charge in [0, 0.05) is 24.8 Å². The van der Waals surface area contributed by atoms with Gasteiger partial charge in [0.25, 0.3) is 0 Å². The zero-order chi connectivity index (χ0) is 20.1. The topological polar surface area (TPSA) is 100 Å². The minimum atomic E-state index is -4.81. The Labute approximate surface area is 140 Å². The van der Waals surface area contributed by atoms with Gasteiger partial charge >= 0.3 is 24.3 Å². The second-order valence-electron chi connectivity index (χ2n) is 4.53. The lowest BCUT2D eigenvalue weighted by molar-refractivity contribution is -0.143. The van der Waals surface area contributed by atoms with Gasteiger partial charge in [-0.1, -0.05) is 0 Å². The van der Waals surface area contributed by atoms with Crippen LogP contribution in [-0.4, -0.2) is 32.1 Å². The zero-order valence-corrected chi connectivity index (χ0v) is 12.3. The van der Waals surface area contributed by atoms with Crippen LogP contribution in [0.2, 0.25) is 0 Å². The predicted octanol–water partition coefficient (Wildman–Crippen LogP) is 3.60. The lowest BCUT2D eigenvalue weighted by Gasteiger charge is -2.09. The van der Waals surface area contributed by atoms with E-state index in [0.29, 0.717) is 12.4 Å². The molecule has 0 saturated heterocycles. The summed E-state index contributed by atoms with van der Waals surface area (Å²) in [6.45, 7) is 0. The number of carbonyl (C=O) groups is 2. The van der Waals surface area contributed by atoms with Crippen molar-refractivity contribution in [3.05, 3.63) is 59.2 Å². The third kappa shape index (κ3) is 6.03. The standard InChI is InChI=1S/C7H3F6N.C7H5NO4/c8-6(9,10)4-1-5(3-14-2-4)7(11,12)13;9-6(10)4-1-5(7(11)12)3-8-2-4/h1-3H;1-3H,(H,9,10)(H,11,12). The molecule has 0 radical (unpaired) electrons. The summed E-state index contributed by atoms with van der Waals surface area (Å²) in [6.07, 6.45) is -6.75. The molecule has 0 aliphatic carbocycles. The van der Waals surface area contributed by atoms with E-state index < -0.39 is 35.4 Å². The molecule has 0 aliphatic rings. The summed E-state index contributed by atoms with van der Waals surface area (Å²) in [5, 5.41) is 16.9. The number of pyridine rings is 2. The number of rotatable bonds is 2. The Balaban J connectivity index is 0.000000263. The molecule has 0 fully saturated rings. The first-order valence-corrected chi connectivity index (χ1v) is 6.33. The fraction of sp³-hybridized carbons (Fsp3) is 0.143. The maximum atomic E-state index is 11.9. The third-order valence-electron chi connectivity index (χ3n) is 2.63. The maximum absolute atomic E-state index is 11.9. The Hall–Kier alpha value is -3.18. The molecule has 0 aromatic carbocycles. The van der Waals surface area contributed by atoms with Crippen LogP contribution in [0.25, 0.3) is 0 Å². The molecule has 6 nitrogen and oxygen atoms in total. The predicted molar refractivity (Wildman–Crippen MR) is 72.4 cm³/mol. The quantitative estimate of drug-likeness (QED) is 0.770. The van der Waals surface area contributed by atoms with Crippen LogP contribution in [0, 0.1) is 0 Å². The molecule has 26 heavy (non-hydrogen) atoms. The monoisotopic (exact) mass is 382 g/mol. The summed E-state index contributed by atoms with van der Waals surface area (Å²) in [7, 11) is 0. The van der Waals surface area contributed by atoms with Crippen LogP contribution in [0.1, 0.15) is 31.8 Å². The van der Waals surface area contributed by atoms with E-state index in [1.165, 1.54) is 0 Å². The van der Waals surface area contributed by atoms with E-state index in [-0.39, 0.29) is 17.2 Å². The molecule has 0 aliphatic heterocycles. The van der Waals surface area contributed by atoms with Crippen molar-refractivity contribution in [2.24, 2.45) is 0 Å². The highest BCUT2D eigenvalue weighted by molar-refractivity contribution is 5.92. The number of carboxylic acid groups (broad SMARTS) is 2. The van der Waals surface area contributed by atoms with E-state index >= 15 is 0 Å². The van der Waals surface area contributed by atoms with Gasteiger partial charge in [0.05, 0.1) is 22.3 Å². The van der Waals surface area contributed by atoms with Crippen LogP contribution in [0.15, 0.2) is 36.9 Å². The SMILES string of the molecule is FC(F)(F)c1cncc(C(F)(F)F)c1.O=C(O)c1cncc(C(=O)O)c1. The van der Waals surface area contributed by atoms with Gasteiger partial charge in [0.2, 0.25) is 0 Å². The summed E-state index contributed by atoms with van der Waals surface area (Å²) in [4.78, 5) is 27.0. The van der Waals surface area contributed by atoms with E-state index in [9.17, 15) is 35.9 Å². The number of halogens is 6. The summed E-state index contributed by atoms with van der Waals surface area (Å²) >= 11 is 0. The van der Waals surface area contributed by atoms with Crippen LogP contribution in [0.4, 0.5) is 26.3 Å². The van der Waals surface area contributed by atoms with Crippen molar-refractivity contribution in [1.29, 1.82) is 0 Å². The second-order valence-corrected chi connectivity index (χ2v) is 4.53.